The Morgan fingerprint density at radius 3 is 2.32 bits per heavy atom. The van der Waals surface area contributed by atoms with Crippen LogP contribution in [0.1, 0.15) is 53.1 Å². The van der Waals surface area contributed by atoms with Crippen molar-refractivity contribution in [1.29, 1.82) is 0 Å². The van der Waals surface area contributed by atoms with Crippen molar-refractivity contribution >= 4 is 17.5 Å². The van der Waals surface area contributed by atoms with Crippen molar-refractivity contribution in [3.63, 3.8) is 0 Å². The first-order valence-corrected chi connectivity index (χ1v) is 10.2. The molecule has 1 amide bonds. The molecule has 2 aromatic carbocycles. The predicted molar refractivity (Wildman–Crippen MR) is 116 cm³/mol. The van der Waals surface area contributed by atoms with Gasteiger partial charge in [0.1, 0.15) is 0 Å². The van der Waals surface area contributed by atoms with E-state index in [2.05, 4.69) is 35.5 Å². The van der Waals surface area contributed by atoms with Crippen LogP contribution in [0.15, 0.2) is 48.5 Å². The van der Waals surface area contributed by atoms with Gasteiger partial charge in [-0.3, -0.25) is 4.79 Å². The lowest BCUT2D eigenvalue weighted by Gasteiger charge is -2.36. The average Bonchev–Trinajstić information content (AvgIpc) is 2.73. The Balaban J connectivity index is 1.64. The number of terminal acetylenes is 1. The predicted octanol–water partition coefficient (Wildman–Crippen LogP) is 4.86. The van der Waals surface area contributed by atoms with Crippen LogP contribution in [0.5, 0.6) is 0 Å². The molecule has 0 aliphatic heterocycles. The fraction of sp³-hybridized carbons (Fsp3) is 0.375. The minimum absolute atomic E-state index is 0.00511. The minimum atomic E-state index is -0.00511. The van der Waals surface area contributed by atoms with E-state index in [0.29, 0.717) is 23.0 Å². The summed E-state index contributed by atoms with van der Waals surface area (Å²) in [7, 11) is 1.96. The van der Waals surface area contributed by atoms with Crippen LogP contribution in [0.4, 0.5) is 0 Å². The molecule has 2 aromatic rings. The Hall–Kier alpha value is -2.28. The third-order valence-corrected chi connectivity index (χ3v) is 5.84. The van der Waals surface area contributed by atoms with Crippen LogP contribution in [-0.4, -0.2) is 30.4 Å². The highest BCUT2D eigenvalue weighted by atomic mass is 35.5. The molecule has 4 heteroatoms. The summed E-state index contributed by atoms with van der Waals surface area (Å²) in [6.07, 6.45) is 9.66. The molecule has 0 atom stereocenters. The van der Waals surface area contributed by atoms with Crippen LogP contribution in [-0.2, 0) is 6.54 Å². The highest BCUT2D eigenvalue weighted by Crippen LogP contribution is 2.35. The van der Waals surface area contributed by atoms with E-state index in [1.165, 1.54) is 11.1 Å². The van der Waals surface area contributed by atoms with E-state index < -0.39 is 0 Å². The first kappa shape index (κ1) is 20.5. The number of carbonyl (C=O) groups is 1. The lowest BCUT2D eigenvalue weighted by Crippen LogP contribution is -2.42. The molecule has 3 rings (SSSR count). The van der Waals surface area contributed by atoms with Crippen LogP contribution in [0.3, 0.4) is 0 Å². The summed E-state index contributed by atoms with van der Waals surface area (Å²) in [5.41, 5.74) is 3.33. The molecule has 1 N–H and O–H groups in total. The van der Waals surface area contributed by atoms with E-state index in [0.717, 1.165) is 32.2 Å². The summed E-state index contributed by atoms with van der Waals surface area (Å²) in [4.78, 5) is 14.8. The Morgan fingerprint density at radius 1 is 1.11 bits per heavy atom. The summed E-state index contributed by atoms with van der Waals surface area (Å²) >= 11 is 5.95. The van der Waals surface area contributed by atoms with Crippen molar-refractivity contribution in [2.45, 2.75) is 44.2 Å². The van der Waals surface area contributed by atoms with Crippen LogP contribution < -0.4 is 5.32 Å². The molecule has 0 heterocycles. The Kier molecular flexibility index (Phi) is 7.14. The highest BCUT2D eigenvalue weighted by Gasteiger charge is 2.29. The molecule has 0 unspecified atom stereocenters. The molecule has 28 heavy (non-hydrogen) atoms. The molecule has 1 fully saturated rings. The highest BCUT2D eigenvalue weighted by molar-refractivity contribution is 6.30. The van der Waals surface area contributed by atoms with Crippen molar-refractivity contribution in [1.82, 2.24) is 10.2 Å². The summed E-state index contributed by atoms with van der Waals surface area (Å²) in [6, 6.07) is 16.1. The van der Waals surface area contributed by atoms with Gasteiger partial charge in [0.05, 0.1) is 6.54 Å². The van der Waals surface area contributed by atoms with Crippen molar-refractivity contribution in [2.24, 2.45) is 0 Å². The maximum Gasteiger partial charge on any atom is 0.254 e. The van der Waals surface area contributed by atoms with Crippen LogP contribution >= 0.6 is 11.6 Å². The lowest BCUT2D eigenvalue weighted by molar-refractivity contribution is 0.0660. The quantitative estimate of drug-likeness (QED) is 0.709. The number of hydrogen-bond donors (Lipinski definition) is 1. The molecule has 0 aromatic heterocycles. The number of rotatable bonds is 6. The average molecular weight is 395 g/mol. The van der Waals surface area contributed by atoms with E-state index in [1.54, 1.807) is 24.3 Å². The Bertz CT molecular complexity index is 815. The minimum Gasteiger partial charge on any atom is -0.325 e. The number of nitrogens with zero attached hydrogens (tertiary/aromatic N) is 1. The number of nitrogens with one attached hydrogen (secondary N) is 1. The number of benzene rings is 2. The SMILES string of the molecule is C#CCN(C(=O)c1ccc(Cl)cc1)C1CCC(c2ccc(CNC)cc2)CC1. The van der Waals surface area contributed by atoms with Gasteiger partial charge in [-0.1, -0.05) is 41.8 Å². The molecule has 1 aliphatic rings. The topological polar surface area (TPSA) is 32.3 Å². The van der Waals surface area contributed by atoms with Gasteiger partial charge < -0.3 is 10.2 Å². The van der Waals surface area contributed by atoms with Crippen molar-refractivity contribution in [3.8, 4) is 12.3 Å². The first-order chi connectivity index (χ1) is 13.6. The largest absolute Gasteiger partial charge is 0.325 e. The van der Waals surface area contributed by atoms with Crippen LogP contribution in [0.2, 0.25) is 5.02 Å². The standard InChI is InChI=1S/C24H27ClN2O/c1-3-16-27(24(28)21-8-12-22(25)13-9-21)23-14-10-20(11-15-23)19-6-4-18(5-7-19)17-26-2/h1,4-9,12-13,20,23,26H,10-11,14-17H2,2H3. The van der Waals surface area contributed by atoms with Gasteiger partial charge in [0.25, 0.3) is 5.91 Å². The maximum atomic E-state index is 13.0. The summed E-state index contributed by atoms with van der Waals surface area (Å²) < 4.78 is 0. The molecule has 0 spiro atoms. The lowest BCUT2D eigenvalue weighted by atomic mass is 9.81. The van der Waals surface area contributed by atoms with Gasteiger partial charge in [-0.05, 0) is 74.0 Å². The second kappa shape index (κ2) is 9.78. The fourth-order valence-corrected chi connectivity index (χ4v) is 4.18. The van der Waals surface area contributed by atoms with Gasteiger partial charge in [0.15, 0.2) is 0 Å². The van der Waals surface area contributed by atoms with Crippen LogP contribution in [0, 0.1) is 12.3 Å². The second-order valence-electron chi connectivity index (χ2n) is 7.42. The van der Waals surface area contributed by atoms with E-state index in [-0.39, 0.29) is 11.9 Å². The van der Waals surface area contributed by atoms with E-state index in [4.69, 9.17) is 18.0 Å². The molecule has 0 saturated heterocycles. The zero-order valence-corrected chi connectivity index (χ0v) is 17.1. The number of hydrogen-bond acceptors (Lipinski definition) is 2. The van der Waals surface area contributed by atoms with Crippen LogP contribution in [0.25, 0.3) is 0 Å². The van der Waals surface area contributed by atoms with Crippen molar-refractivity contribution in [3.05, 3.63) is 70.2 Å². The van der Waals surface area contributed by atoms with Crippen molar-refractivity contribution in [2.75, 3.05) is 13.6 Å². The third-order valence-electron chi connectivity index (χ3n) is 5.58. The Morgan fingerprint density at radius 2 is 1.75 bits per heavy atom. The molecular weight excluding hydrogens is 368 g/mol. The fourth-order valence-electron chi connectivity index (χ4n) is 4.06. The number of carbonyl (C=O) groups excluding carboxylic acids is 1. The number of amides is 1. The van der Waals surface area contributed by atoms with E-state index in [1.807, 2.05) is 11.9 Å². The Labute approximate surface area is 173 Å². The van der Waals surface area contributed by atoms with Crippen molar-refractivity contribution < 1.29 is 4.79 Å². The van der Waals surface area contributed by atoms with Gasteiger partial charge in [0.2, 0.25) is 0 Å². The molecule has 146 valence electrons. The molecule has 3 nitrogen and oxygen atoms in total. The zero-order chi connectivity index (χ0) is 19.9. The maximum absolute atomic E-state index is 13.0. The summed E-state index contributed by atoms with van der Waals surface area (Å²) in [5.74, 6) is 3.21. The number of halogens is 1. The third kappa shape index (κ3) is 4.95. The van der Waals surface area contributed by atoms with Gasteiger partial charge in [-0.2, -0.15) is 0 Å². The van der Waals surface area contributed by atoms with Gasteiger partial charge in [0, 0.05) is 23.2 Å². The first-order valence-electron chi connectivity index (χ1n) is 9.85. The molecular formula is C24H27ClN2O. The zero-order valence-electron chi connectivity index (χ0n) is 16.3. The second-order valence-corrected chi connectivity index (χ2v) is 7.86. The smallest absolute Gasteiger partial charge is 0.254 e. The summed E-state index contributed by atoms with van der Waals surface area (Å²) in [6.45, 7) is 1.23. The van der Waals surface area contributed by atoms with E-state index in [9.17, 15) is 4.79 Å². The molecule has 0 radical (unpaired) electrons. The van der Waals surface area contributed by atoms with Gasteiger partial charge in [-0.25, -0.2) is 0 Å². The summed E-state index contributed by atoms with van der Waals surface area (Å²) in [5, 5.41) is 3.81. The molecule has 1 saturated carbocycles. The molecule has 1 aliphatic carbocycles. The van der Waals surface area contributed by atoms with Gasteiger partial charge in [-0.15, -0.1) is 6.42 Å². The monoisotopic (exact) mass is 394 g/mol. The molecule has 0 bridgehead atoms. The normalized spacial score (nSPS) is 19.0. The van der Waals surface area contributed by atoms with E-state index >= 15 is 0 Å². The van der Waals surface area contributed by atoms with Gasteiger partial charge >= 0.3 is 0 Å².